The van der Waals surface area contributed by atoms with E-state index >= 15 is 0 Å². The summed E-state index contributed by atoms with van der Waals surface area (Å²) in [6.45, 7) is 4.27. The van der Waals surface area contributed by atoms with Crippen molar-refractivity contribution in [3.63, 3.8) is 0 Å². The lowest BCUT2D eigenvalue weighted by Gasteiger charge is -2.33. The summed E-state index contributed by atoms with van der Waals surface area (Å²) in [6.07, 6.45) is 7.73. The minimum absolute atomic E-state index is 0.185. The van der Waals surface area contributed by atoms with Crippen LogP contribution in [0.5, 0.6) is 0 Å². The minimum atomic E-state index is 0.185. The van der Waals surface area contributed by atoms with Gasteiger partial charge in [0.2, 0.25) is 5.91 Å². The van der Waals surface area contributed by atoms with Gasteiger partial charge >= 0.3 is 0 Å². The molecule has 1 atom stereocenters. The molecule has 3 aromatic rings. The highest BCUT2D eigenvalue weighted by atomic mass is 16.2. The highest BCUT2D eigenvalue weighted by molar-refractivity contribution is 5.76. The van der Waals surface area contributed by atoms with Crippen molar-refractivity contribution >= 4 is 5.91 Å². The summed E-state index contributed by atoms with van der Waals surface area (Å²) < 4.78 is 1.84. The normalized spacial score (nSPS) is 17.2. The van der Waals surface area contributed by atoms with Gasteiger partial charge in [0, 0.05) is 43.2 Å². The van der Waals surface area contributed by atoms with Crippen molar-refractivity contribution in [3.05, 3.63) is 54.4 Å². The lowest BCUT2D eigenvalue weighted by molar-refractivity contribution is -0.132. The summed E-state index contributed by atoms with van der Waals surface area (Å²) in [5.41, 5.74) is 4.68. The van der Waals surface area contributed by atoms with E-state index in [2.05, 4.69) is 51.6 Å². The maximum absolute atomic E-state index is 12.6. The number of aromatic amines is 1. The third-order valence-electron chi connectivity index (χ3n) is 5.26. The van der Waals surface area contributed by atoms with Gasteiger partial charge in [-0.15, -0.1) is 10.2 Å². The first-order valence-electron chi connectivity index (χ1n) is 9.41. The van der Waals surface area contributed by atoms with E-state index < -0.39 is 0 Å². The average molecular weight is 364 g/mol. The molecule has 0 radical (unpaired) electrons. The summed E-state index contributed by atoms with van der Waals surface area (Å²) in [5.74, 6) is 0.473. The summed E-state index contributed by atoms with van der Waals surface area (Å²) >= 11 is 0. The number of H-pyrrole nitrogens is 1. The molecular weight excluding hydrogens is 340 g/mol. The quantitative estimate of drug-likeness (QED) is 0.755. The topological polar surface area (TPSA) is 79.7 Å². The lowest BCUT2D eigenvalue weighted by Crippen LogP contribution is -2.39. The maximum Gasteiger partial charge on any atom is 0.224 e. The number of hydrogen-bond acceptors (Lipinski definition) is 4. The van der Waals surface area contributed by atoms with Crippen molar-refractivity contribution in [1.29, 1.82) is 0 Å². The summed E-state index contributed by atoms with van der Waals surface area (Å²) in [5, 5.41) is 15.0. The number of likely N-dealkylation sites (tertiary alicyclic amines) is 1. The van der Waals surface area contributed by atoms with Gasteiger partial charge in [-0.25, -0.2) is 0 Å². The lowest BCUT2D eigenvalue weighted by atomic mass is 9.90. The van der Waals surface area contributed by atoms with E-state index in [1.165, 1.54) is 11.1 Å². The standard InChI is InChI=1S/C20H24N6O/c1-15-4-6-16(7-5-15)18-11-21-24-20(18)17-3-2-9-26(12-17)19(27)8-10-25-13-22-23-14-25/h4-7,11,13-14,17H,2-3,8-10,12H2,1H3,(H,21,24). The van der Waals surface area contributed by atoms with Gasteiger partial charge in [-0.05, 0) is 25.3 Å². The molecule has 0 saturated carbocycles. The van der Waals surface area contributed by atoms with Gasteiger partial charge in [0.25, 0.3) is 0 Å². The van der Waals surface area contributed by atoms with Crippen LogP contribution in [0.3, 0.4) is 0 Å². The number of carbonyl (C=O) groups is 1. The minimum Gasteiger partial charge on any atom is -0.342 e. The zero-order valence-corrected chi connectivity index (χ0v) is 15.5. The molecule has 1 saturated heterocycles. The van der Waals surface area contributed by atoms with Crippen LogP contribution in [-0.4, -0.2) is 48.9 Å². The van der Waals surface area contributed by atoms with Crippen LogP contribution in [0.25, 0.3) is 11.1 Å². The first-order valence-corrected chi connectivity index (χ1v) is 9.41. The number of carbonyl (C=O) groups excluding carboxylic acids is 1. The Kier molecular flexibility index (Phi) is 5.00. The molecule has 1 aromatic carbocycles. The molecule has 3 heterocycles. The second-order valence-corrected chi connectivity index (χ2v) is 7.19. The van der Waals surface area contributed by atoms with Crippen LogP contribution in [-0.2, 0) is 11.3 Å². The number of rotatable bonds is 5. The van der Waals surface area contributed by atoms with Crippen molar-refractivity contribution in [2.75, 3.05) is 13.1 Å². The number of aryl methyl sites for hydroxylation is 2. The Labute approximate surface area is 158 Å². The number of aromatic nitrogens is 5. The SMILES string of the molecule is Cc1ccc(-c2cn[nH]c2C2CCCN(C(=O)CCn3cnnc3)C2)cc1. The van der Waals surface area contributed by atoms with Crippen molar-refractivity contribution in [3.8, 4) is 11.1 Å². The molecule has 0 bridgehead atoms. The molecule has 4 rings (SSSR count). The summed E-state index contributed by atoms with van der Waals surface area (Å²) in [7, 11) is 0. The van der Waals surface area contributed by atoms with Crippen molar-refractivity contribution < 1.29 is 4.79 Å². The third kappa shape index (κ3) is 3.92. The average Bonchev–Trinajstić information content (AvgIpc) is 3.39. The molecule has 1 aliphatic heterocycles. The summed E-state index contributed by atoms with van der Waals surface area (Å²) in [4.78, 5) is 14.6. The zero-order chi connectivity index (χ0) is 18.6. The Morgan fingerprint density at radius 3 is 2.78 bits per heavy atom. The molecule has 1 aliphatic rings. The molecule has 27 heavy (non-hydrogen) atoms. The molecule has 0 spiro atoms. The van der Waals surface area contributed by atoms with Crippen LogP contribution in [0.2, 0.25) is 0 Å². The highest BCUT2D eigenvalue weighted by Crippen LogP contribution is 2.33. The molecule has 7 nitrogen and oxygen atoms in total. The number of piperidine rings is 1. The molecule has 1 unspecified atom stereocenters. The second kappa shape index (κ2) is 7.73. The Balaban J connectivity index is 1.45. The number of benzene rings is 1. The fourth-order valence-electron chi connectivity index (χ4n) is 3.73. The van der Waals surface area contributed by atoms with E-state index in [0.29, 0.717) is 13.0 Å². The highest BCUT2D eigenvalue weighted by Gasteiger charge is 2.27. The molecule has 1 amide bonds. The molecule has 7 heteroatoms. The van der Waals surface area contributed by atoms with E-state index in [1.807, 2.05) is 15.7 Å². The predicted molar refractivity (Wildman–Crippen MR) is 102 cm³/mol. The molecule has 1 fully saturated rings. The predicted octanol–water partition coefficient (Wildman–Crippen LogP) is 2.77. The molecule has 0 aliphatic carbocycles. The molecule has 1 N–H and O–H groups in total. The number of nitrogens with zero attached hydrogens (tertiary/aromatic N) is 5. The smallest absolute Gasteiger partial charge is 0.224 e. The Hall–Kier alpha value is -2.96. The molecular formula is C20H24N6O. The van der Waals surface area contributed by atoms with Gasteiger partial charge in [-0.3, -0.25) is 9.89 Å². The van der Waals surface area contributed by atoms with E-state index in [-0.39, 0.29) is 11.8 Å². The fraction of sp³-hybridized carbons (Fsp3) is 0.400. The van der Waals surface area contributed by atoms with E-state index in [0.717, 1.165) is 37.2 Å². The van der Waals surface area contributed by atoms with E-state index in [1.54, 1.807) is 12.7 Å². The van der Waals surface area contributed by atoms with Gasteiger partial charge in [0.15, 0.2) is 0 Å². The maximum atomic E-state index is 12.6. The van der Waals surface area contributed by atoms with Crippen molar-refractivity contribution in [2.24, 2.45) is 0 Å². The van der Waals surface area contributed by atoms with Crippen LogP contribution in [0, 0.1) is 6.92 Å². The van der Waals surface area contributed by atoms with Gasteiger partial charge < -0.3 is 9.47 Å². The van der Waals surface area contributed by atoms with Crippen molar-refractivity contribution in [2.45, 2.75) is 38.6 Å². The van der Waals surface area contributed by atoms with Crippen LogP contribution < -0.4 is 0 Å². The zero-order valence-electron chi connectivity index (χ0n) is 15.5. The van der Waals surface area contributed by atoms with Crippen LogP contribution in [0.15, 0.2) is 43.1 Å². The first kappa shape index (κ1) is 17.5. The van der Waals surface area contributed by atoms with Gasteiger partial charge in [-0.1, -0.05) is 29.8 Å². The van der Waals surface area contributed by atoms with Gasteiger partial charge in [0.05, 0.1) is 6.20 Å². The first-order chi connectivity index (χ1) is 13.2. The van der Waals surface area contributed by atoms with E-state index in [4.69, 9.17) is 0 Å². The summed E-state index contributed by atoms with van der Waals surface area (Å²) in [6, 6.07) is 8.50. The third-order valence-corrected chi connectivity index (χ3v) is 5.26. The van der Waals surface area contributed by atoms with Crippen LogP contribution >= 0.6 is 0 Å². The van der Waals surface area contributed by atoms with Crippen LogP contribution in [0.1, 0.15) is 36.4 Å². The Morgan fingerprint density at radius 2 is 2.00 bits per heavy atom. The number of nitrogens with one attached hydrogen (secondary N) is 1. The Morgan fingerprint density at radius 1 is 1.22 bits per heavy atom. The monoisotopic (exact) mass is 364 g/mol. The molecule has 2 aromatic heterocycles. The van der Waals surface area contributed by atoms with E-state index in [9.17, 15) is 4.79 Å². The molecule has 140 valence electrons. The van der Waals surface area contributed by atoms with Gasteiger partial charge in [0.1, 0.15) is 12.7 Å². The largest absolute Gasteiger partial charge is 0.342 e. The van der Waals surface area contributed by atoms with Gasteiger partial charge in [-0.2, -0.15) is 5.10 Å². The second-order valence-electron chi connectivity index (χ2n) is 7.19. The number of amides is 1. The number of hydrogen-bond donors (Lipinski definition) is 1. The van der Waals surface area contributed by atoms with Crippen LogP contribution in [0.4, 0.5) is 0 Å². The Bertz CT molecular complexity index is 884. The van der Waals surface area contributed by atoms with Crippen molar-refractivity contribution in [1.82, 2.24) is 29.9 Å². The fourth-order valence-corrected chi connectivity index (χ4v) is 3.73.